The van der Waals surface area contributed by atoms with Crippen molar-refractivity contribution in [3.63, 3.8) is 0 Å². The minimum absolute atomic E-state index is 0.388. The van der Waals surface area contributed by atoms with Crippen LogP contribution < -0.4 is 15.4 Å². The third kappa shape index (κ3) is 6.74. The van der Waals surface area contributed by atoms with E-state index in [9.17, 15) is 9.59 Å². The van der Waals surface area contributed by atoms with Crippen LogP contribution in [0.2, 0.25) is 0 Å². The monoisotopic (exact) mass is 441 g/mol. The van der Waals surface area contributed by atoms with Gasteiger partial charge in [0.1, 0.15) is 5.75 Å². The van der Waals surface area contributed by atoms with Crippen LogP contribution in [0.1, 0.15) is 25.3 Å². The van der Waals surface area contributed by atoms with Crippen molar-refractivity contribution in [1.82, 2.24) is 10.2 Å². The number of benzene rings is 2. The third-order valence-corrected chi connectivity index (χ3v) is 6.32. The molecule has 0 aromatic heterocycles. The summed E-state index contributed by atoms with van der Waals surface area (Å²) in [5.41, 5.74) is 1.87. The Morgan fingerprint density at radius 3 is 2.52 bits per heavy atom. The average Bonchev–Trinajstić information content (AvgIpc) is 2.80. The molecule has 1 heterocycles. The minimum Gasteiger partial charge on any atom is -0.492 e. The molecule has 1 aliphatic rings. The summed E-state index contributed by atoms with van der Waals surface area (Å²) in [6, 6.07) is 15.6. The molecule has 1 fully saturated rings. The molecular weight excluding hydrogens is 410 g/mol. The Morgan fingerprint density at radius 2 is 1.77 bits per heavy atom. The first kappa shape index (κ1) is 23.2. The van der Waals surface area contributed by atoms with Crippen molar-refractivity contribution in [3.8, 4) is 5.75 Å². The lowest BCUT2D eigenvalue weighted by atomic mass is 9.96. The molecule has 2 aromatic rings. The van der Waals surface area contributed by atoms with Crippen molar-refractivity contribution in [2.24, 2.45) is 5.92 Å². The van der Waals surface area contributed by atoms with Gasteiger partial charge in [-0.3, -0.25) is 14.5 Å². The number of nitrogens with one attached hydrogen (secondary N) is 2. The largest absolute Gasteiger partial charge is 0.492 e. The van der Waals surface area contributed by atoms with Gasteiger partial charge >= 0.3 is 11.8 Å². The molecule has 1 aliphatic heterocycles. The van der Waals surface area contributed by atoms with E-state index < -0.39 is 11.8 Å². The van der Waals surface area contributed by atoms with Crippen molar-refractivity contribution < 1.29 is 14.3 Å². The number of carbonyl (C=O) groups is 2. The number of piperidine rings is 1. The summed E-state index contributed by atoms with van der Waals surface area (Å²) >= 11 is 1.78. The van der Waals surface area contributed by atoms with Gasteiger partial charge in [0.15, 0.2) is 0 Å². The fourth-order valence-corrected chi connectivity index (χ4v) is 4.38. The Labute approximate surface area is 188 Å². The number of rotatable bonds is 8. The van der Waals surface area contributed by atoms with Crippen molar-refractivity contribution >= 4 is 29.3 Å². The molecule has 166 valence electrons. The molecule has 7 heteroatoms. The van der Waals surface area contributed by atoms with Crippen LogP contribution in [0.15, 0.2) is 53.4 Å². The molecule has 6 nitrogen and oxygen atoms in total. The first-order chi connectivity index (χ1) is 15.1. The standard InChI is InChI=1S/C24H31N3O3S/c1-3-30-21-10-6-5-9-20(21)26-24(29)23(28)25-16-18-12-14-27(15-13-18)17-19-8-4-7-11-22(19)31-2/h4-11,18H,3,12-17H2,1-2H3,(H,25,28)(H,26,29). The van der Waals surface area contributed by atoms with Gasteiger partial charge in [0.05, 0.1) is 12.3 Å². The van der Waals surface area contributed by atoms with E-state index in [-0.39, 0.29) is 0 Å². The van der Waals surface area contributed by atoms with E-state index in [4.69, 9.17) is 4.74 Å². The van der Waals surface area contributed by atoms with Gasteiger partial charge in [-0.25, -0.2) is 0 Å². The Hall–Kier alpha value is -2.51. The van der Waals surface area contributed by atoms with Gasteiger partial charge in [-0.2, -0.15) is 0 Å². The molecule has 0 unspecified atom stereocenters. The van der Waals surface area contributed by atoms with Gasteiger partial charge in [0, 0.05) is 18.0 Å². The molecule has 0 atom stereocenters. The van der Waals surface area contributed by atoms with Crippen LogP contribution in [-0.4, -0.2) is 49.2 Å². The number of carbonyl (C=O) groups excluding carboxylic acids is 2. The van der Waals surface area contributed by atoms with E-state index in [1.165, 1.54) is 10.5 Å². The second-order valence-corrected chi connectivity index (χ2v) is 8.47. The summed E-state index contributed by atoms with van der Waals surface area (Å²) in [6.07, 6.45) is 4.13. The Bertz CT molecular complexity index is 882. The summed E-state index contributed by atoms with van der Waals surface area (Å²) in [4.78, 5) is 28.3. The number of likely N-dealkylation sites (tertiary alicyclic amines) is 1. The van der Waals surface area contributed by atoms with Gasteiger partial charge in [-0.1, -0.05) is 30.3 Å². The predicted molar refractivity (Wildman–Crippen MR) is 125 cm³/mol. The molecule has 31 heavy (non-hydrogen) atoms. The van der Waals surface area contributed by atoms with Gasteiger partial charge in [-0.15, -0.1) is 11.8 Å². The summed E-state index contributed by atoms with van der Waals surface area (Å²) in [7, 11) is 0. The molecule has 0 bridgehead atoms. The molecule has 0 saturated carbocycles. The van der Waals surface area contributed by atoms with Crippen LogP contribution in [0, 0.1) is 5.92 Å². The van der Waals surface area contributed by atoms with Crippen LogP contribution in [0.3, 0.4) is 0 Å². The van der Waals surface area contributed by atoms with Crippen molar-refractivity contribution in [2.75, 3.05) is 37.8 Å². The first-order valence-electron chi connectivity index (χ1n) is 10.8. The molecule has 3 rings (SSSR count). The normalized spacial score (nSPS) is 14.8. The van der Waals surface area contributed by atoms with Gasteiger partial charge in [0.25, 0.3) is 0 Å². The van der Waals surface area contributed by atoms with E-state index in [0.717, 1.165) is 32.5 Å². The second-order valence-electron chi connectivity index (χ2n) is 7.62. The number of anilines is 1. The Morgan fingerprint density at radius 1 is 1.06 bits per heavy atom. The molecule has 0 radical (unpaired) electrons. The number of nitrogens with zero attached hydrogens (tertiary/aromatic N) is 1. The maximum atomic E-state index is 12.3. The summed E-state index contributed by atoms with van der Waals surface area (Å²) in [5.74, 6) is -0.332. The third-order valence-electron chi connectivity index (χ3n) is 5.49. The number of para-hydroxylation sites is 2. The molecule has 0 aliphatic carbocycles. The molecule has 0 spiro atoms. The molecule has 2 N–H and O–H groups in total. The fourth-order valence-electron chi connectivity index (χ4n) is 3.77. The van der Waals surface area contributed by atoms with E-state index in [0.29, 0.717) is 30.5 Å². The number of amides is 2. The predicted octanol–water partition coefficient (Wildman–Crippen LogP) is 3.77. The highest BCUT2D eigenvalue weighted by molar-refractivity contribution is 7.98. The van der Waals surface area contributed by atoms with Crippen molar-refractivity contribution in [1.29, 1.82) is 0 Å². The lowest BCUT2D eigenvalue weighted by Gasteiger charge is -2.32. The average molecular weight is 442 g/mol. The fraction of sp³-hybridized carbons (Fsp3) is 0.417. The zero-order chi connectivity index (χ0) is 22.1. The Kier molecular flexibility index (Phi) is 8.79. The topological polar surface area (TPSA) is 70.7 Å². The SMILES string of the molecule is CCOc1ccccc1NC(=O)C(=O)NCC1CCN(Cc2ccccc2SC)CC1. The smallest absolute Gasteiger partial charge is 0.313 e. The van der Waals surface area contributed by atoms with Crippen LogP contribution in [-0.2, 0) is 16.1 Å². The lowest BCUT2D eigenvalue weighted by molar-refractivity contribution is -0.136. The Balaban J connectivity index is 1.42. The number of hydrogen-bond donors (Lipinski definition) is 2. The highest BCUT2D eigenvalue weighted by Gasteiger charge is 2.22. The number of thioether (sulfide) groups is 1. The van der Waals surface area contributed by atoms with E-state index in [1.807, 2.05) is 13.0 Å². The van der Waals surface area contributed by atoms with Crippen LogP contribution >= 0.6 is 11.8 Å². The summed E-state index contributed by atoms with van der Waals surface area (Å²) in [5, 5.41) is 5.43. The maximum absolute atomic E-state index is 12.3. The molecular formula is C24H31N3O3S. The highest BCUT2D eigenvalue weighted by atomic mass is 32.2. The highest BCUT2D eigenvalue weighted by Crippen LogP contribution is 2.25. The number of ether oxygens (including phenoxy) is 1. The van der Waals surface area contributed by atoms with Crippen LogP contribution in [0.5, 0.6) is 5.75 Å². The van der Waals surface area contributed by atoms with Crippen LogP contribution in [0.4, 0.5) is 5.69 Å². The first-order valence-corrected chi connectivity index (χ1v) is 12.0. The van der Waals surface area contributed by atoms with Crippen molar-refractivity contribution in [2.45, 2.75) is 31.2 Å². The van der Waals surface area contributed by atoms with Gasteiger partial charge in [-0.05, 0) is 68.8 Å². The summed E-state index contributed by atoms with van der Waals surface area (Å²) in [6.45, 7) is 5.83. The van der Waals surface area contributed by atoms with Gasteiger partial charge < -0.3 is 15.4 Å². The lowest BCUT2D eigenvalue weighted by Crippen LogP contribution is -2.41. The molecule has 2 aromatic carbocycles. The minimum atomic E-state index is -0.668. The summed E-state index contributed by atoms with van der Waals surface area (Å²) < 4.78 is 5.49. The zero-order valence-electron chi connectivity index (χ0n) is 18.2. The van der Waals surface area contributed by atoms with Crippen LogP contribution in [0.25, 0.3) is 0 Å². The quantitative estimate of drug-likeness (QED) is 0.482. The van der Waals surface area contributed by atoms with Gasteiger partial charge in [0.2, 0.25) is 0 Å². The molecule has 1 saturated heterocycles. The van der Waals surface area contributed by atoms with E-state index in [1.54, 1.807) is 30.0 Å². The molecule has 2 amide bonds. The maximum Gasteiger partial charge on any atom is 0.313 e. The zero-order valence-corrected chi connectivity index (χ0v) is 19.0. The van der Waals surface area contributed by atoms with E-state index >= 15 is 0 Å². The van der Waals surface area contributed by atoms with E-state index in [2.05, 4.69) is 46.1 Å². The van der Waals surface area contributed by atoms with Crippen molar-refractivity contribution in [3.05, 3.63) is 54.1 Å². The number of hydrogen-bond acceptors (Lipinski definition) is 5. The second kappa shape index (κ2) is 11.8.